The number of nitrogens with zero attached hydrogens (tertiary/aromatic N) is 2. The van der Waals surface area contributed by atoms with E-state index in [1.54, 1.807) is 0 Å². The van der Waals surface area contributed by atoms with E-state index < -0.39 is 26.6 Å². The predicted molar refractivity (Wildman–Crippen MR) is 74.2 cm³/mol. The summed E-state index contributed by atoms with van der Waals surface area (Å²) in [6.07, 6.45) is 0.605. The Kier molecular flexibility index (Phi) is 4.35. The predicted octanol–water partition coefficient (Wildman–Crippen LogP) is 2.94. The van der Waals surface area contributed by atoms with Crippen molar-refractivity contribution in [2.24, 2.45) is 0 Å². The van der Waals surface area contributed by atoms with Crippen LogP contribution in [-0.4, -0.2) is 18.6 Å². The monoisotopic (exact) mass is 383 g/mol. The number of aryl methyl sites for hydroxylation is 1. The molecule has 1 aromatic carbocycles. The quantitative estimate of drug-likeness (QED) is 0.880. The molecule has 0 saturated heterocycles. The molecule has 0 fully saturated rings. The second kappa shape index (κ2) is 5.70. The fourth-order valence-corrected chi connectivity index (χ4v) is 4.47. The van der Waals surface area contributed by atoms with Gasteiger partial charge in [-0.15, -0.1) is 10.2 Å². The van der Waals surface area contributed by atoms with Crippen LogP contribution in [0.1, 0.15) is 11.9 Å². The highest BCUT2D eigenvalue weighted by molar-refractivity contribution is 9.10. The van der Waals surface area contributed by atoms with Gasteiger partial charge >= 0.3 is 0 Å². The Morgan fingerprint density at radius 3 is 2.60 bits per heavy atom. The fourth-order valence-electron chi connectivity index (χ4n) is 1.39. The minimum Gasteiger partial charge on any atom is -0.253 e. The first-order valence-corrected chi connectivity index (χ1v) is 8.42. The Morgan fingerprint density at radius 2 is 2.05 bits per heavy atom. The Morgan fingerprint density at radius 1 is 1.35 bits per heavy atom. The second-order valence-electron chi connectivity index (χ2n) is 3.66. The Balaban J connectivity index is 2.40. The van der Waals surface area contributed by atoms with Crippen molar-refractivity contribution in [3.05, 3.63) is 33.2 Å². The van der Waals surface area contributed by atoms with Crippen LogP contribution in [0.25, 0.3) is 0 Å². The van der Waals surface area contributed by atoms with E-state index in [9.17, 15) is 17.2 Å². The van der Waals surface area contributed by atoms with E-state index in [1.807, 2.05) is 6.92 Å². The molecule has 2 rings (SSSR count). The van der Waals surface area contributed by atoms with Crippen LogP contribution in [0.5, 0.6) is 0 Å². The Bertz CT molecular complexity index is 726. The third-order valence-electron chi connectivity index (χ3n) is 2.22. The molecule has 0 saturated carbocycles. The number of aromatic nitrogens is 2. The van der Waals surface area contributed by atoms with E-state index >= 15 is 0 Å². The molecule has 1 heterocycles. The molecule has 1 N–H and O–H groups in total. The van der Waals surface area contributed by atoms with Gasteiger partial charge in [0.15, 0.2) is 0 Å². The third kappa shape index (κ3) is 3.13. The number of hydrogen-bond donors (Lipinski definition) is 1. The normalized spacial score (nSPS) is 11.6. The number of hydrogen-bond acceptors (Lipinski definition) is 5. The van der Waals surface area contributed by atoms with Gasteiger partial charge in [-0.1, -0.05) is 18.3 Å². The van der Waals surface area contributed by atoms with Gasteiger partial charge in [-0.05, 0) is 28.4 Å². The summed E-state index contributed by atoms with van der Waals surface area (Å²) in [5.74, 6) is -2.07. The number of anilines is 1. The van der Waals surface area contributed by atoms with Gasteiger partial charge in [-0.3, -0.25) is 4.72 Å². The maximum atomic E-state index is 13.7. The molecule has 2 aromatic rings. The van der Waals surface area contributed by atoms with Crippen LogP contribution in [-0.2, 0) is 16.4 Å². The molecule has 0 amide bonds. The van der Waals surface area contributed by atoms with Gasteiger partial charge in [-0.25, -0.2) is 17.2 Å². The van der Waals surface area contributed by atoms with E-state index in [1.165, 1.54) is 0 Å². The van der Waals surface area contributed by atoms with Gasteiger partial charge in [0, 0.05) is 10.5 Å². The molecule has 1 aromatic heterocycles. The lowest BCUT2D eigenvalue weighted by atomic mass is 10.3. The smallest absolute Gasteiger partial charge is 0.253 e. The van der Waals surface area contributed by atoms with Crippen LogP contribution in [0, 0.1) is 11.6 Å². The van der Waals surface area contributed by atoms with Crippen LogP contribution in [0.15, 0.2) is 21.5 Å². The Hall–Kier alpha value is -1.13. The van der Waals surface area contributed by atoms with E-state index in [0.29, 0.717) is 17.5 Å². The maximum absolute atomic E-state index is 13.7. The van der Waals surface area contributed by atoms with E-state index in [4.69, 9.17) is 0 Å². The average molecular weight is 384 g/mol. The SMILES string of the molecule is CCc1nnc(NS(=O)(=O)c2c(F)cc(F)cc2Br)s1. The topological polar surface area (TPSA) is 72.0 Å². The summed E-state index contributed by atoms with van der Waals surface area (Å²) in [5.41, 5.74) is 0. The highest BCUT2D eigenvalue weighted by Crippen LogP contribution is 2.28. The summed E-state index contributed by atoms with van der Waals surface area (Å²) in [6, 6.07) is 1.37. The van der Waals surface area contributed by atoms with Crippen LogP contribution in [0.3, 0.4) is 0 Å². The van der Waals surface area contributed by atoms with Crippen molar-refractivity contribution < 1.29 is 17.2 Å². The first-order chi connectivity index (χ1) is 9.33. The van der Waals surface area contributed by atoms with Crippen molar-refractivity contribution in [2.75, 3.05) is 4.72 Å². The average Bonchev–Trinajstić information content (AvgIpc) is 2.73. The van der Waals surface area contributed by atoms with Crippen LogP contribution in [0.4, 0.5) is 13.9 Å². The highest BCUT2D eigenvalue weighted by Gasteiger charge is 2.25. The zero-order chi connectivity index (χ0) is 14.9. The summed E-state index contributed by atoms with van der Waals surface area (Å²) in [5, 5.41) is 8.05. The van der Waals surface area contributed by atoms with Crippen molar-refractivity contribution in [1.29, 1.82) is 0 Å². The molecule has 0 aliphatic rings. The largest absolute Gasteiger partial charge is 0.267 e. The van der Waals surface area contributed by atoms with Crippen molar-refractivity contribution in [3.63, 3.8) is 0 Å². The lowest BCUT2D eigenvalue weighted by Gasteiger charge is -2.08. The molecule has 0 aliphatic carbocycles. The van der Waals surface area contributed by atoms with Crippen molar-refractivity contribution >= 4 is 42.4 Å². The second-order valence-corrected chi connectivity index (χ2v) is 7.19. The molecular weight excluding hydrogens is 376 g/mol. The summed E-state index contributed by atoms with van der Waals surface area (Å²) < 4.78 is 52.7. The van der Waals surface area contributed by atoms with Crippen LogP contribution in [0.2, 0.25) is 0 Å². The van der Waals surface area contributed by atoms with Gasteiger partial charge in [0.25, 0.3) is 10.0 Å². The standard InChI is InChI=1S/C10H8BrF2N3O2S2/c1-2-8-14-15-10(19-8)16-20(17,18)9-6(11)3-5(12)4-7(9)13/h3-4H,2H2,1H3,(H,15,16). The molecule has 0 atom stereocenters. The molecule has 0 bridgehead atoms. The lowest BCUT2D eigenvalue weighted by molar-refractivity contribution is 0.548. The van der Waals surface area contributed by atoms with Crippen molar-refractivity contribution in [2.45, 2.75) is 18.2 Å². The van der Waals surface area contributed by atoms with Gasteiger partial charge in [-0.2, -0.15) is 0 Å². The lowest BCUT2D eigenvalue weighted by Crippen LogP contribution is -2.15. The summed E-state index contributed by atoms with van der Waals surface area (Å²) >= 11 is 3.88. The van der Waals surface area contributed by atoms with Crippen molar-refractivity contribution in [1.82, 2.24) is 10.2 Å². The zero-order valence-electron chi connectivity index (χ0n) is 10.0. The van der Waals surface area contributed by atoms with Crippen molar-refractivity contribution in [3.8, 4) is 0 Å². The molecule has 0 unspecified atom stereocenters. The number of benzene rings is 1. The van der Waals surface area contributed by atoms with Crippen LogP contribution < -0.4 is 4.72 Å². The molecule has 108 valence electrons. The minimum absolute atomic E-state index is 0.0254. The zero-order valence-corrected chi connectivity index (χ0v) is 13.2. The molecule has 0 spiro atoms. The summed E-state index contributed by atoms with van der Waals surface area (Å²) in [4.78, 5) is -0.674. The van der Waals surface area contributed by atoms with Gasteiger partial charge in [0.2, 0.25) is 5.13 Å². The van der Waals surface area contributed by atoms with Gasteiger partial charge in [0.1, 0.15) is 21.5 Å². The van der Waals surface area contributed by atoms with Crippen LogP contribution >= 0.6 is 27.3 Å². The fraction of sp³-hybridized carbons (Fsp3) is 0.200. The highest BCUT2D eigenvalue weighted by atomic mass is 79.9. The number of halogens is 3. The number of nitrogens with one attached hydrogen (secondary N) is 1. The Labute approximate surface area is 126 Å². The summed E-state index contributed by atoms with van der Waals surface area (Å²) in [6.45, 7) is 1.84. The van der Waals surface area contributed by atoms with Gasteiger partial charge in [0.05, 0.1) is 0 Å². The van der Waals surface area contributed by atoms with E-state index in [2.05, 4.69) is 30.8 Å². The first kappa shape index (κ1) is 15.3. The van der Waals surface area contributed by atoms with E-state index in [-0.39, 0.29) is 9.60 Å². The molecule has 0 radical (unpaired) electrons. The molecular formula is C10H8BrF2N3O2S2. The number of sulfonamides is 1. The van der Waals surface area contributed by atoms with E-state index in [0.717, 1.165) is 17.4 Å². The maximum Gasteiger partial charge on any atom is 0.267 e. The first-order valence-electron chi connectivity index (χ1n) is 5.33. The minimum atomic E-state index is -4.22. The molecule has 5 nitrogen and oxygen atoms in total. The number of rotatable bonds is 4. The molecule has 0 aliphatic heterocycles. The third-order valence-corrected chi connectivity index (χ3v) is 5.64. The van der Waals surface area contributed by atoms with Gasteiger partial charge < -0.3 is 0 Å². The summed E-state index contributed by atoms with van der Waals surface area (Å²) in [7, 11) is -4.22. The molecule has 20 heavy (non-hydrogen) atoms. The molecule has 10 heteroatoms.